The van der Waals surface area contributed by atoms with E-state index >= 15 is 0 Å². The predicted octanol–water partition coefficient (Wildman–Crippen LogP) is 4.04. The number of benzene rings is 1. The molecule has 15 heavy (non-hydrogen) atoms. The summed E-state index contributed by atoms with van der Waals surface area (Å²) in [6, 6.07) is 9.53. The summed E-state index contributed by atoms with van der Waals surface area (Å²) in [5, 5.41) is 1.62. The monoisotopic (exact) mass is 300 g/mol. The molecule has 0 bridgehead atoms. The minimum atomic E-state index is 0.730. The third-order valence-electron chi connectivity index (χ3n) is 1.63. The zero-order valence-corrected chi connectivity index (χ0v) is 10.7. The van der Waals surface area contributed by atoms with Crippen LogP contribution in [0.2, 0.25) is 5.02 Å². The Bertz CT molecular complexity index is 435. The fourth-order valence-corrected chi connectivity index (χ4v) is 2.58. The number of halogens is 2. The van der Waals surface area contributed by atoms with Crippen molar-refractivity contribution in [1.29, 1.82) is 0 Å². The smallest absolute Gasteiger partial charge is 0.118 e. The van der Waals surface area contributed by atoms with E-state index in [1.54, 1.807) is 11.8 Å². The van der Waals surface area contributed by atoms with Crippen LogP contribution in [-0.4, -0.2) is 9.97 Å². The zero-order chi connectivity index (χ0) is 10.7. The molecular weight excluding hydrogens is 296 g/mol. The number of rotatable bonds is 2. The van der Waals surface area contributed by atoms with Crippen molar-refractivity contribution < 1.29 is 0 Å². The van der Waals surface area contributed by atoms with E-state index in [2.05, 4.69) is 25.9 Å². The Hall–Kier alpha value is -0.580. The van der Waals surface area contributed by atoms with Crippen molar-refractivity contribution in [3.05, 3.63) is 46.3 Å². The Morgan fingerprint density at radius 1 is 1.20 bits per heavy atom. The van der Waals surface area contributed by atoms with Crippen molar-refractivity contribution in [2.75, 3.05) is 0 Å². The van der Waals surface area contributed by atoms with Crippen molar-refractivity contribution in [2.24, 2.45) is 0 Å². The van der Waals surface area contributed by atoms with Gasteiger partial charge < -0.3 is 0 Å². The second kappa shape index (κ2) is 4.96. The quantitative estimate of drug-likeness (QED) is 0.783. The van der Waals surface area contributed by atoms with Crippen molar-refractivity contribution >= 4 is 39.3 Å². The summed E-state index contributed by atoms with van der Waals surface area (Å²) in [6.45, 7) is 0. The van der Waals surface area contributed by atoms with E-state index in [9.17, 15) is 0 Å². The molecule has 0 radical (unpaired) electrons. The van der Waals surface area contributed by atoms with Crippen LogP contribution >= 0.6 is 39.3 Å². The molecule has 0 aliphatic carbocycles. The van der Waals surface area contributed by atoms with Gasteiger partial charge in [-0.1, -0.05) is 29.4 Å². The molecule has 0 fully saturated rings. The van der Waals surface area contributed by atoms with Crippen LogP contribution in [0.3, 0.4) is 0 Å². The minimum absolute atomic E-state index is 0.730. The van der Waals surface area contributed by atoms with Crippen LogP contribution in [0, 0.1) is 0 Å². The lowest BCUT2D eigenvalue weighted by atomic mass is 10.4. The second-order valence-corrected chi connectivity index (χ2v) is 5.08. The van der Waals surface area contributed by atoms with Gasteiger partial charge in [0.1, 0.15) is 16.0 Å². The van der Waals surface area contributed by atoms with E-state index in [0.717, 1.165) is 19.5 Å². The lowest BCUT2D eigenvalue weighted by Gasteiger charge is -2.00. The standard InChI is InChI=1S/C10H6BrClN2S/c11-9-5-10(14-6-13-9)15-8-3-1-2-7(12)4-8/h1-6H. The van der Waals surface area contributed by atoms with Gasteiger partial charge in [-0.15, -0.1) is 0 Å². The van der Waals surface area contributed by atoms with Gasteiger partial charge in [-0.3, -0.25) is 0 Å². The van der Waals surface area contributed by atoms with Gasteiger partial charge in [-0.2, -0.15) is 0 Å². The van der Waals surface area contributed by atoms with Crippen molar-refractivity contribution in [1.82, 2.24) is 9.97 Å². The summed E-state index contributed by atoms with van der Waals surface area (Å²) in [4.78, 5) is 9.17. The van der Waals surface area contributed by atoms with Crippen molar-refractivity contribution in [3.8, 4) is 0 Å². The average molecular weight is 302 g/mol. The van der Waals surface area contributed by atoms with Crippen LogP contribution < -0.4 is 0 Å². The number of aromatic nitrogens is 2. The van der Waals surface area contributed by atoms with Gasteiger partial charge in [0.15, 0.2) is 0 Å². The zero-order valence-electron chi connectivity index (χ0n) is 7.52. The maximum atomic E-state index is 5.89. The van der Waals surface area contributed by atoms with Gasteiger partial charge in [0.05, 0.1) is 0 Å². The topological polar surface area (TPSA) is 25.8 Å². The molecule has 0 aliphatic rings. The molecule has 2 rings (SSSR count). The largest absolute Gasteiger partial charge is 0.230 e. The number of nitrogens with zero attached hydrogens (tertiary/aromatic N) is 2. The molecule has 1 aromatic carbocycles. The van der Waals surface area contributed by atoms with Crippen LogP contribution in [0.1, 0.15) is 0 Å². The molecule has 2 aromatic rings. The first-order valence-electron chi connectivity index (χ1n) is 4.15. The first-order valence-corrected chi connectivity index (χ1v) is 6.14. The molecule has 5 heteroatoms. The van der Waals surface area contributed by atoms with E-state index in [4.69, 9.17) is 11.6 Å². The van der Waals surface area contributed by atoms with E-state index < -0.39 is 0 Å². The highest BCUT2D eigenvalue weighted by Gasteiger charge is 2.00. The molecule has 0 spiro atoms. The molecule has 1 heterocycles. The van der Waals surface area contributed by atoms with Crippen molar-refractivity contribution in [2.45, 2.75) is 9.92 Å². The Morgan fingerprint density at radius 2 is 2.07 bits per heavy atom. The molecule has 0 amide bonds. The summed E-state index contributed by atoms with van der Waals surface area (Å²) < 4.78 is 0.780. The van der Waals surface area contributed by atoms with Crippen LogP contribution in [0.15, 0.2) is 51.2 Å². The fourth-order valence-electron chi connectivity index (χ4n) is 1.02. The Balaban J connectivity index is 2.22. The Morgan fingerprint density at radius 3 is 2.80 bits per heavy atom. The summed E-state index contributed by atoms with van der Waals surface area (Å²) >= 11 is 10.7. The summed E-state index contributed by atoms with van der Waals surface area (Å²) in [5.41, 5.74) is 0. The molecule has 2 nitrogen and oxygen atoms in total. The first-order chi connectivity index (χ1) is 7.24. The second-order valence-electron chi connectivity index (χ2n) is 2.74. The summed E-state index contributed by atoms with van der Waals surface area (Å²) in [5.74, 6) is 0. The van der Waals surface area contributed by atoms with E-state index in [0.29, 0.717) is 0 Å². The van der Waals surface area contributed by atoms with Crippen LogP contribution in [0.4, 0.5) is 0 Å². The lowest BCUT2D eigenvalue weighted by Crippen LogP contribution is -1.82. The van der Waals surface area contributed by atoms with Gasteiger partial charge in [-0.25, -0.2) is 9.97 Å². The van der Waals surface area contributed by atoms with Gasteiger partial charge in [0.25, 0.3) is 0 Å². The summed E-state index contributed by atoms with van der Waals surface area (Å²) in [6.07, 6.45) is 1.52. The molecule has 0 saturated heterocycles. The highest BCUT2D eigenvalue weighted by Crippen LogP contribution is 2.28. The molecule has 0 saturated carbocycles. The lowest BCUT2D eigenvalue weighted by molar-refractivity contribution is 1.03. The molecule has 1 aromatic heterocycles. The van der Waals surface area contributed by atoms with Gasteiger partial charge in [0, 0.05) is 16.0 Å². The molecule has 0 unspecified atom stereocenters. The molecule has 0 aliphatic heterocycles. The highest BCUT2D eigenvalue weighted by atomic mass is 79.9. The van der Waals surface area contributed by atoms with E-state index in [1.807, 2.05) is 30.3 Å². The fraction of sp³-hybridized carbons (Fsp3) is 0. The van der Waals surface area contributed by atoms with E-state index in [1.165, 1.54) is 6.33 Å². The average Bonchev–Trinajstić information content (AvgIpc) is 2.17. The highest BCUT2D eigenvalue weighted by molar-refractivity contribution is 9.10. The third-order valence-corrected chi connectivity index (χ3v) is 3.22. The summed E-state index contributed by atoms with van der Waals surface area (Å²) in [7, 11) is 0. The SMILES string of the molecule is Clc1cccc(Sc2cc(Br)ncn2)c1. The van der Waals surface area contributed by atoms with Crippen molar-refractivity contribution in [3.63, 3.8) is 0 Å². The first kappa shape index (κ1) is 10.9. The molecule has 0 N–H and O–H groups in total. The predicted molar refractivity (Wildman–Crippen MR) is 65.3 cm³/mol. The minimum Gasteiger partial charge on any atom is -0.230 e. The van der Waals surface area contributed by atoms with Crippen LogP contribution in [0.5, 0.6) is 0 Å². The normalized spacial score (nSPS) is 10.3. The number of hydrogen-bond donors (Lipinski definition) is 0. The maximum absolute atomic E-state index is 5.89. The molecule has 76 valence electrons. The molecule has 0 atom stereocenters. The van der Waals surface area contributed by atoms with Crippen LogP contribution in [0.25, 0.3) is 0 Å². The molecular formula is C10H6BrClN2S. The van der Waals surface area contributed by atoms with Crippen LogP contribution in [-0.2, 0) is 0 Å². The number of hydrogen-bond acceptors (Lipinski definition) is 3. The third kappa shape index (κ3) is 3.19. The van der Waals surface area contributed by atoms with Gasteiger partial charge in [0.2, 0.25) is 0 Å². The van der Waals surface area contributed by atoms with Gasteiger partial charge in [-0.05, 0) is 34.1 Å². The maximum Gasteiger partial charge on any atom is 0.118 e. The Labute approximate surface area is 105 Å². The van der Waals surface area contributed by atoms with E-state index in [-0.39, 0.29) is 0 Å². The Kier molecular flexibility index (Phi) is 3.61. The van der Waals surface area contributed by atoms with Gasteiger partial charge >= 0.3 is 0 Å².